The van der Waals surface area contributed by atoms with E-state index in [1.165, 1.54) is 25.0 Å². The summed E-state index contributed by atoms with van der Waals surface area (Å²) < 4.78 is 0. The Morgan fingerprint density at radius 1 is 1.62 bits per heavy atom. The molecule has 0 radical (unpaired) electrons. The molecule has 0 unspecified atom stereocenters. The van der Waals surface area contributed by atoms with Crippen molar-refractivity contribution in [3.05, 3.63) is 11.1 Å². The van der Waals surface area contributed by atoms with Gasteiger partial charge in [0.25, 0.3) is 0 Å². The summed E-state index contributed by atoms with van der Waals surface area (Å²) in [6, 6.07) is 0.486. The zero-order valence-corrected chi connectivity index (χ0v) is 9.03. The predicted octanol–water partition coefficient (Wildman–Crippen LogP) is 2.92. The van der Waals surface area contributed by atoms with Crippen molar-refractivity contribution in [2.24, 2.45) is 5.92 Å². The standard InChI is InChI=1S/C10H16N2S/c1-7(2)11-10-12-9(6-13-10)5-8-3-4-8/h6-8H,3-5H2,1-2H3,(H,11,12). The van der Waals surface area contributed by atoms with Crippen LogP contribution in [0.1, 0.15) is 32.4 Å². The summed E-state index contributed by atoms with van der Waals surface area (Å²) in [4.78, 5) is 4.54. The highest BCUT2D eigenvalue weighted by Gasteiger charge is 2.22. The van der Waals surface area contributed by atoms with Gasteiger partial charge < -0.3 is 5.32 Å². The first-order valence-corrected chi connectivity index (χ1v) is 5.83. The quantitative estimate of drug-likeness (QED) is 0.801. The van der Waals surface area contributed by atoms with Crippen LogP contribution in [0.5, 0.6) is 0 Å². The Morgan fingerprint density at radius 3 is 3.00 bits per heavy atom. The van der Waals surface area contributed by atoms with Gasteiger partial charge in [-0.2, -0.15) is 0 Å². The molecule has 2 nitrogen and oxygen atoms in total. The van der Waals surface area contributed by atoms with Gasteiger partial charge in [0.05, 0.1) is 5.69 Å². The van der Waals surface area contributed by atoms with E-state index >= 15 is 0 Å². The lowest BCUT2D eigenvalue weighted by Gasteiger charge is -2.04. The number of aromatic nitrogens is 1. The Balaban J connectivity index is 1.91. The van der Waals surface area contributed by atoms with E-state index in [4.69, 9.17) is 0 Å². The molecular weight excluding hydrogens is 180 g/mol. The highest BCUT2D eigenvalue weighted by Crippen LogP contribution is 2.33. The van der Waals surface area contributed by atoms with E-state index in [0.717, 1.165) is 11.0 Å². The van der Waals surface area contributed by atoms with Crippen molar-refractivity contribution in [1.29, 1.82) is 0 Å². The minimum Gasteiger partial charge on any atom is -0.359 e. The highest BCUT2D eigenvalue weighted by atomic mass is 32.1. The molecule has 0 aromatic carbocycles. The largest absolute Gasteiger partial charge is 0.359 e. The van der Waals surface area contributed by atoms with Crippen molar-refractivity contribution in [3.8, 4) is 0 Å². The fourth-order valence-electron chi connectivity index (χ4n) is 1.33. The van der Waals surface area contributed by atoms with Gasteiger partial charge in [0.15, 0.2) is 5.13 Å². The molecule has 0 aliphatic heterocycles. The average molecular weight is 196 g/mol. The Hall–Kier alpha value is -0.570. The molecule has 1 aromatic heterocycles. The third kappa shape index (κ3) is 2.69. The lowest BCUT2D eigenvalue weighted by Crippen LogP contribution is -2.09. The molecule has 1 aliphatic carbocycles. The van der Waals surface area contributed by atoms with Gasteiger partial charge in [0.1, 0.15) is 0 Å². The van der Waals surface area contributed by atoms with Crippen LogP contribution < -0.4 is 5.32 Å². The van der Waals surface area contributed by atoms with E-state index in [1.807, 2.05) is 0 Å². The van der Waals surface area contributed by atoms with Crippen LogP contribution in [-0.2, 0) is 6.42 Å². The monoisotopic (exact) mass is 196 g/mol. The summed E-state index contributed by atoms with van der Waals surface area (Å²) in [5.41, 5.74) is 1.27. The second-order valence-corrected chi connectivity index (χ2v) is 4.95. The maximum atomic E-state index is 4.54. The Kier molecular flexibility index (Phi) is 2.54. The fraction of sp³-hybridized carbons (Fsp3) is 0.700. The predicted molar refractivity (Wildman–Crippen MR) is 57.3 cm³/mol. The van der Waals surface area contributed by atoms with E-state index in [0.29, 0.717) is 6.04 Å². The lowest BCUT2D eigenvalue weighted by atomic mass is 10.2. The topological polar surface area (TPSA) is 24.9 Å². The summed E-state index contributed by atoms with van der Waals surface area (Å²) in [6.45, 7) is 4.28. The first kappa shape index (κ1) is 9.00. The normalized spacial score (nSPS) is 16.5. The zero-order valence-electron chi connectivity index (χ0n) is 8.21. The van der Waals surface area contributed by atoms with Gasteiger partial charge in [-0.25, -0.2) is 4.98 Å². The van der Waals surface area contributed by atoms with Gasteiger partial charge in [0.2, 0.25) is 0 Å². The number of nitrogens with one attached hydrogen (secondary N) is 1. The molecule has 13 heavy (non-hydrogen) atoms. The number of thiazole rings is 1. The minimum absolute atomic E-state index is 0.486. The summed E-state index contributed by atoms with van der Waals surface area (Å²) in [7, 11) is 0. The molecule has 0 amide bonds. The summed E-state index contributed by atoms with van der Waals surface area (Å²) in [5, 5.41) is 6.58. The molecule has 1 N–H and O–H groups in total. The van der Waals surface area contributed by atoms with Crippen LogP contribution in [0.25, 0.3) is 0 Å². The van der Waals surface area contributed by atoms with E-state index < -0.39 is 0 Å². The molecule has 1 heterocycles. The van der Waals surface area contributed by atoms with Crippen molar-refractivity contribution in [1.82, 2.24) is 4.98 Å². The maximum absolute atomic E-state index is 4.54. The van der Waals surface area contributed by atoms with Crippen LogP contribution in [0.4, 0.5) is 5.13 Å². The van der Waals surface area contributed by atoms with Crippen LogP contribution in [0.15, 0.2) is 5.38 Å². The summed E-state index contributed by atoms with van der Waals surface area (Å²) in [5.74, 6) is 0.939. The molecule has 1 aliphatic rings. The summed E-state index contributed by atoms with van der Waals surface area (Å²) >= 11 is 1.73. The molecule has 1 aromatic rings. The van der Waals surface area contributed by atoms with Crippen LogP contribution in [0.2, 0.25) is 0 Å². The van der Waals surface area contributed by atoms with Crippen molar-refractivity contribution < 1.29 is 0 Å². The SMILES string of the molecule is CC(C)Nc1nc(CC2CC2)cs1. The van der Waals surface area contributed by atoms with Crippen molar-refractivity contribution in [2.45, 2.75) is 39.2 Å². The van der Waals surface area contributed by atoms with E-state index in [-0.39, 0.29) is 0 Å². The molecule has 2 rings (SSSR count). The zero-order chi connectivity index (χ0) is 9.26. The molecule has 72 valence electrons. The average Bonchev–Trinajstić information content (AvgIpc) is 2.73. The molecule has 0 bridgehead atoms. The van der Waals surface area contributed by atoms with Crippen LogP contribution in [-0.4, -0.2) is 11.0 Å². The van der Waals surface area contributed by atoms with E-state index in [9.17, 15) is 0 Å². The number of hydrogen-bond donors (Lipinski definition) is 1. The van der Waals surface area contributed by atoms with Gasteiger partial charge >= 0.3 is 0 Å². The maximum Gasteiger partial charge on any atom is 0.183 e. The molecule has 0 spiro atoms. The number of nitrogens with zero attached hydrogens (tertiary/aromatic N) is 1. The molecule has 1 fully saturated rings. The minimum atomic E-state index is 0.486. The van der Waals surface area contributed by atoms with E-state index in [2.05, 4.69) is 29.5 Å². The first-order chi connectivity index (χ1) is 6.24. The summed E-state index contributed by atoms with van der Waals surface area (Å²) in [6.07, 6.45) is 4.01. The molecular formula is C10H16N2S. The van der Waals surface area contributed by atoms with Crippen LogP contribution in [0, 0.1) is 5.92 Å². The van der Waals surface area contributed by atoms with Gasteiger partial charge in [-0.15, -0.1) is 11.3 Å². The van der Waals surface area contributed by atoms with Crippen LogP contribution >= 0.6 is 11.3 Å². The van der Waals surface area contributed by atoms with Crippen LogP contribution in [0.3, 0.4) is 0 Å². The van der Waals surface area contributed by atoms with Crippen molar-refractivity contribution in [2.75, 3.05) is 5.32 Å². The molecule has 3 heteroatoms. The van der Waals surface area contributed by atoms with Gasteiger partial charge in [-0.05, 0) is 39.0 Å². The van der Waals surface area contributed by atoms with Gasteiger partial charge in [-0.3, -0.25) is 0 Å². The van der Waals surface area contributed by atoms with Gasteiger partial charge in [0, 0.05) is 11.4 Å². The third-order valence-corrected chi connectivity index (χ3v) is 2.98. The number of hydrogen-bond acceptors (Lipinski definition) is 3. The highest BCUT2D eigenvalue weighted by molar-refractivity contribution is 7.13. The Morgan fingerprint density at radius 2 is 2.38 bits per heavy atom. The lowest BCUT2D eigenvalue weighted by molar-refractivity contribution is 0.808. The Labute approximate surface area is 83.4 Å². The fourth-order valence-corrected chi connectivity index (χ4v) is 2.20. The van der Waals surface area contributed by atoms with Gasteiger partial charge in [-0.1, -0.05) is 0 Å². The smallest absolute Gasteiger partial charge is 0.183 e. The molecule has 1 saturated carbocycles. The van der Waals surface area contributed by atoms with Crippen molar-refractivity contribution in [3.63, 3.8) is 0 Å². The Bertz CT molecular complexity index is 258. The molecule has 0 saturated heterocycles. The molecule has 0 atom stereocenters. The number of rotatable bonds is 4. The first-order valence-electron chi connectivity index (χ1n) is 4.95. The number of anilines is 1. The second kappa shape index (κ2) is 3.66. The third-order valence-electron chi connectivity index (χ3n) is 2.16. The van der Waals surface area contributed by atoms with E-state index in [1.54, 1.807) is 11.3 Å². The van der Waals surface area contributed by atoms with Crippen molar-refractivity contribution >= 4 is 16.5 Å². The second-order valence-electron chi connectivity index (χ2n) is 4.09.